The number of aliphatic hydroxyl groups is 1. The van der Waals surface area contributed by atoms with Crippen LogP contribution in [0.15, 0.2) is 4.99 Å². The molecule has 0 saturated carbocycles. The Morgan fingerprint density at radius 1 is 1.31 bits per heavy atom. The van der Waals surface area contributed by atoms with E-state index in [0.29, 0.717) is 18.4 Å². The van der Waals surface area contributed by atoms with Crippen molar-refractivity contribution >= 4 is 35.9 Å². The highest BCUT2D eigenvalue weighted by molar-refractivity contribution is 14.0. The fourth-order valence-electron chi connectivity index (χ4n) is 3.36. The van der Waals surface area contributed by atoms with E-state index in [9.17, 15) is 9.90 Å². The fraction of sp³-hybridized carbons (Fsp3) is 0.895. The van der Waals surface area contributed by atoms with Crippen molar-refractivity contribution in [2.24, 2.45) is 22.7 Å². The van der Waals surface area contributed by atoms with Crippen molar-refractivity contribution in [2.45, 2.75) is 53.4 Å². The summed E-state index contributed by atoms with van der Waals surface area (Å²) < 4.78 is 5.14. The second kappa shape index (κ2) is 14.5. The zero-order valence-corrected chi connectivity index (χ0v) is 19.2. The number of rotatable bonds is 9. The minimum atomic E-state index is -0.0657. The lowest BCUT2D eigenvalue weighted by Gasteiger charge is -2.33. The summed E-state index contributed by atoms with van der Waals surface area (Å²) in [5, 5.41) is 12.6. The molecular formula is C19H38IN3O3. The number of ether oxygens (including phenoxy) is 1. The zero-order valence-electron chi connectivity index (χ0n) is 16.9. The maximum atomic E-state index is 11.9. The van der Waals surface area contributed by atoms with E-state index in [1.54, 1.807) is 0 Å². The van der Waals surface area contributed by atoms with Gasteiger partial charge in [-0.05, 0) is 51.4 Å². The Hall–Kier alpha value is -0.570. The third-order valence-electron chi connectivity index (χ3n) is 4.59. The van der Waals surface area contributed by atoms with Gasteiger partial charge in [0.1, 0.15) is 0 Å². The standard InChI is InChI=1S/C19H37N3O3.HI/c1-5-20-19(21-14-16(9-12-23)13-15(3)4)22-10-7-17(8-11-22)18(24)25-6-2;/h15-17,23H,5-14H2,1-4H3,(H,20,21);1H. The van der Waals surface area contributed by atoms with Gasteiger partial charge in [-0.15, -0.1) is 24.0 Å². The van der Waals surface area contributed by atoms with E-state index in [4.69, 9.17) is 9.73 Å². The normalized spacial score (nSPS) is 17.0. The van der Waals surface area contributed by atoms with Gasteiger partial charge in [-0.1, -0.05) is 13.8 Å². The Bertz CT molecular complexity index is 411. The molecule has 0 aliphatic carbocycles. The second-order valence-corrected chi connectivity index (χ2v) is 7.22. The molecule has 1 heterocycles. The maximum Gasteiger partial charge on any atom is 0.309 e. The molecule has 6 nitrogen and oxygen atoms in total. The summed E-state index contributed by atoms with van der Waals surface area (Å²) in [5.74, 6) is 1.90. The van der Waals surface area contributed by atoms with Crippen LogP contribution in [0.5, 0.6) is 0 Å². The van der Waals surface area contributed by atoms with Crippen LogP contribution < -0.4 is 5.32 Å². The molecule has 1 aliphatic rings. The molecule has 1 fully saturated rings. The number of piperidine rings is 1. The third-order valence-corrected chi connectivity index (χ3v) is 4.59. The van der Waals surface area contributed by atoms with Gasteiger partial charge in [-0.25, -0.2) is 0 Å². The Kier molecular flexibility index (Phi) is 14.2. The van der Waals surface area contributed by atoms with E-state index >= 15 is 0 Å². The number of carbonyl (C=O) groups is 1. The SMILES string of the molecule is CCNC(=NCC(CCO)CC(C)C)N1CCC(C(=O)OCC)CC1.I. The smallest absolute Gasteiger partial charge is 0.309 e. The Balaban J connectivity index is 0.00000625. The van der Waals surface area contributed by atoms with Crippen LogP contribution in [0.1, 0.15) is 53.4 Å². The number of esters is 1. The van der Waals surface area contributed by atoms with Crippen LogP contribution in [0.3, 0.4) is 0 Å². The number of halogens is 1. The number of aliphatic imine (C=N–C) groups is 1. The van der Waals surface area contributed by atoms with E-state index in [1.165, 1.54) is 0 Å². The Morgan fingerprint density at radius 3 is 2.46 bits per heavy atom. The quantitative estimate of drug-likeness (QED) is 0.228. The van der Waals surface area contributed by atoms with Crippen LogP contribution in [0.4, 0.5) is 0 Å². The summed E-state index contributed by atoms with van der Waals surface area (Å²) in [4.78, 5) is 18.9. The number of hydrogen-bond acceptors (Lipinski definition) is 4. The van der Waals surface area contributed by atoms with Crippen LogP contribution in [0.2, 0.25) is 0 Å². The van der Waals surface area contributed by atoms with Gasteiger partial charge >= 0.3 is 5.97 Å². The van der Waals surface area contributed by atoms with Crippen molar-refractivity contribution in [1.82, 2.24) is 10.2 Å². The van der Waals surface area contributed by atoms with E-state index in [0.717, 1.165) is 57.8 Å². The average Bonchev–Trinajstić information content (AvgIpc) is 2.58. The lowest BCUT2D eigenvalue weighted by Crippen LogP contribution is -2.47. The summed E-state index contributed by atoms with van der Waals surface area (Å²) in [6.45, 7) is 12.2. The summed E-state index contributed by atoms with van der Waals surface area (Å²) in [6, 6.07) is 0. The molecular weight excluding hydrogens is 445 g/mol. The fourth-order valence-corrected chi connectivity index (χ4v) is 3.36. The summed E-state index contributed by atoms with van der Waals surface area (Å²) in [7, 11) is 0. The molecule has 1 atom stereocenters. The molecule has 0 radical (unpaired) electrons. The second-order valence-electron chi connectivity index (χ2n) is 7.22. The molecule has 26 heavy (non-hydrogen) atoms. The first-order valence-electron chi connectivity index (χ1n) is 9.82. The van der Waals surface area contributed by atoms with Gasteiger partial charge in [0.05, 0.1) is 12.5 Å². The summed E-state index contributed by atoms with van der Waals surface area (Å²) >= 11 is 0. The Labute approximate surface area is 176 Å². The highest BCUT2D eigenvalue weighted by atomic mass is 127. The minimum absolute atomic E-state index is 0. The molecule has 1 aliphatic heterocycles. The molecule has 0 amide bonds. The first-order chi connectivity index (χ1) is 12.0. The van der Waals surface area contributed by atoms with Gasteiger partial charge in [0.25, 0.3) is 0 Å². The third kappa shape index (κ3) is 9.39. The largest absolute Gasteiger partial charge is 0.466 e. The maximum absolute atomic E-state index is 11.9. The molecule has 154 valence electrons. The lowest BCUT2D eigenvalue weighted by molar-refractivity contribution is -0.149. The van der Waals surface area contributed by atoms with Gasteiger partial charge in [0, 0.05) is 32.8 Å². The Morgan fingerprint density at radius 2 is 1.96 bits per heavy atom. The topological polar surface area (TPSA) is 74.2 Å². The van der Waals surface area contributed by atoms with Gasteiger partial charge in [-0.2, -0.15) is 0 Å². The molecule has 0 bridgehead atoms. The highest BCUT2D eigenvalue weighted by Gasteiger charge is 2.27. The van der Waals surface area contributed by atoms with E-state index < -0.39 is 0 Å². The summed E-state index contributed by atoms with van der Waals surface area (Å²) in [6.07, 6.45) is 3.50. The predicted octanol–water partition coefficient (Wildman–Crippen LogP) is 2.89. The van der Waals surface area contributed by atoms with E-state index in [1.807, 2.05) is 6.92 Å². The molecule has 0 spiro atoms. The number of likely N-dealkylation sites (tertiary alicyclic amines) is 1. The summed E-state index contributed by atoms with van der Waals surface area (Å²) in [5.41, 5.74) is 0. The number of nitrogens with zero attached hydrogens (tertiary/aromatic N) is 2. The van der Waals surface area contributed by atoms with Gasteiger partial charge in [-0.3, -0.25) is 9.79 Å². The van der Waals surface area contributed by atoms with Crippen LogP contribution in [0.25, 0.3) is 0 Å². The van der Waals surface area contributed by atoms with Crippen LogP contribution >= 0.6 is 24.0 Å². The van der Waals surface area contributed by atoms with Crippen molar-refractivity contribution in [3.63, 3.8) is 0 Å². The van der Waals surface area contributed by atoms with Crippen molar-refractivity contribution in [3.05, 3.63) is 0 Å². The van der Waals surface area contributed by atoms with Gasteiger partial charge < -0.3 is 20.1 Å². The van der Waals surface area contributed by atoms with Crippen molar-refractivity contribution in [2.75, 3.05) is 39.4 Å². The van der Waals surface area contributed by atoms with Crippen LogP contribution in [0, 0.1) is 17.8 Å². The highest BCUT2D eigenvalue weighted by Crippen LogP contribution is 2.20. The molecule has 7 heteroatoms. The monoisotopic (exact) mass is 483 g/mol. The number of carbonyl (C=O) groups excluding carboxylic acids is 1. The minimum Gasteiger partial charge on any atom is -0.466 e. The number of guanidine groups is 1. The molecule has 1 unspecified atom stereocenters. The lowest BCUT2D eigenvalue weighted by atomic mass is 9.94. The molecule has 0 aromatic carbocycles. The first-order valence-corrected chi connectivity index (χ1v) is 9.82. The zero-order chi connectivity index (χ0) is 18.7. The van der Waals surface area contributed by atoms with E-state index in [-0.39, 0.29) is 42.5 Å². The number of hydrogen-bond donors (Lipinski definition) is 2. The molecule has 1 rings (SSSR count). The van der Waals surface area contributed by atoms with Gasteiger partial charge in [0.2, 0.25) is 0 Å². The van der Waals surface area contributed by atoms with Gasteiger partial charge in [0.15, 0.2) is 5.96 Å². The van der Waals surface area contributed by atoms with Crippen molar-refractivity contribution in [3.8, 4) is 0 Å². The molecule has 1 saturated heterocycles. The van der Waals surface area contributed by atoms with Crippen molar-refractivity contribution < 1.29 is 14.6 Å². The van der Waals surface area contributed by atoms with E-state index in [2.05, 4.69) is 31.0 Å². The molecule has 0 aromatic heterocycles. The molecule has 0 aromatic rings. The number of nitrogens with one attached hydrogen (secondary N) is 1. The van der Waals surface area contributed by atoms with Crippen LogP contribution in [-0.4, -0.2) is 61.3 Å². The molecule has 2 N–H and O–H groups in total. The number of aliphatic hydroxyl groups excluding tert-OH is 1. The van der Waals surface area contributed by atoms with Crippen molar-refractivity contribution in [1.29, 1.82) is 0 Å². The van der Waals surface area contributed by atoms with Crippen LogP contribution in [-0.2, 0) is 9.53 Å². The predicted molar refractivity (Wildman–Crippen MR) is 117 cm³/mol. The average molecular weight is 483 g/mol. The first kappa shape index (κ1) is 25.4.